The monoisotopic (exact) mass is 701 g/mol. The molecule has 0 saturated carbocycles. The molecule has 0 fully saturated rings. The second kappa shape index (κ2) is 18.4. The number of anilines is 1. The molecule has 0 atom stereocenters. The van der Waals surface area contributed by atoms with E-state index in [0.717, 1.165) is 36.1 Å². The van der Waals surface area contributed by atoms with Crippen LogP contribution in [0.2, 0.25) is 0 Å². The summed E-state index contributed by atoms with van der Waals surface area (Å²) in [4.78, 5) is 55.2. The number of pyridine rings is 1. The van der Waals surface area contributed by atoms with Gasteiger partial charge in [0.25, 0.3) is 17.7 Å². The van der Waals surface area contributed by atoms with Crippen molar-refractivity contribution in [2.75, 3.05) is 18.5 Å². The second-order valence-corrected chi connectivity index (χ2v) is 12.1. The molecule has 0 saturated heterocycles. The predicted molar refractivity (Wildman–Crippen MR) is 187 cm³/mol. The zero-order valence-corrected chi connectivity index (χ0v) is 28.6. The number of hydrogen-bond acceptors (Lipinski definition) is 7. The Balaban J connectivity index is 1.31. The number of rotatable bonds is 18. The summed E-state index contributed by atoms with van der Waals surface area (Å²) in [6.45, 7) is 2.88. The van der Waals surface area contributed by atoms with Gasteiger partial charge in [-0.25, -0.2) is 13.6 Å². The lowest BCUT2D eigenvalue weighted by Gasteiger charge is -2.21. The number of carboxylic acid groups (broad SMARTS) is 1. The lowest BCUT2D eigenvalue weighted by Crippen LogP contribution is -2.35. The van der Waals surface area contributed by atoms with Crippen LogP contribution in [0.4, 0.5) is 14.5 Å². The van der Waals surface area contributed by atoms with Gasteiger partial charge in [-0.1, -0.05) is 51.2 Å². The van der Waals surface area contributed by atoms with Crippen molar-refractivity contribution in [3.63, 3.8) is 0 Å². The quantitative estimate of drug-likeness (QED) is 0.0603. The van der Waals surface area contributed by atoms with E-state index < -0.39 is 36.2 Å². The number of halogens is 2. The highest BCUT2D eigenvalue weighted by molar-refractivity contribution is 6.03. The van der Waals surface area contributed by atoms with Gasteiger partial charge in [-0.05, 0) is 84.8 Å². The number of aromatic nitrogens is 1. The molecule has 2 amide bonds. The minimum atomic E-state index is -3.15. The third kappa shape index (κ3) is 12.0. The lowest BCUT2D eigenvalue weighted by atomic mass is 10.1. The van der Waals surface area contributed by atoms with Gasteiger partial charge in [-0.3, -0.25) is 19.4 Å². The van der Waals surface area contributed by atoms with Crippen molar-refractivity contribution in [1.29, 1.82) is 0 Å². The van der Waals surface area contributed by atoms with Crippen molar-refractivity contribution < 1.29 is 42.5 Å². The number of esters is 1. The molecular formula is C39H41F2N3O7. The summed E-state index contributed by atoms with van der Waals surface area (Å²) in [7, 11) is 0. The van der Waals surface area contributed by atoms with Gasteiger partial charge in [0.05, 0.1) is 12.2 Å². The van der Waals surface area contributed by atoms with Crippen molar-refractivity contribution in [2.24, 2.45) is 0 Å². The second-order valence-electron chi connectivity index (χ2n) is 12.1. The van der Waals surface area contributed by atoms with E-state index in [1.807, 2.05) is 0 Å². The fraction of sp³-hybridized carbons (Fsp3) is 0.308. The van der Waals surface area contributed by atoms with Crippen LogP contribution in [-0.2, 0) is 17.3 Å². The fourth-order valence-electron chi connectivity index (χ4n) is 5.07. The summed E-state index contributed by atoms with van der Waals surface area (Å²) in [6.07, 6.45) is 8.13. The minimum absolute atomic E-state index is 0.0535. The number of hydrogen-bond donors (Lipinski definition) is 2. The van der Waals surface area contributed by atoms with Crippen LogP contribution in [0.1, 0.15) is 94.7 Å². The SMILES string of the molecule is CCCCCCCCOc1ccc(C(=O)Oc2ccc(CN(CC(=O)O)C(=O)c3ccc(NC(=O)c4cc(C(C)(F)F)ccn4)cc3)cc2)cc1. The van der Waals surface area contributed by atoms with Crippen LogP contribution in [0.25, 0.3) is 0 Å². The number of amides is 2. The van der Waals surface area contributed by atoms with Crippen LogP contribution in [-0.4, -0.2) is 51.9 Å². The Morgan fingerprint density at radius 2 is 1.45 bits per heavy atom. The third-order valence-corrected chi connectivity index (χ3v) is 7.87. The standard InChI is InChI=1S/C39H41F2N3O7/c1-3-4-5-6-7-8-23-50-32-19-13-29(14-20-32)38(49)51-33-17-9-27(10-18-33)25-44(26-35(45)46)37(48)28-11-15-31(16-12-28)43-36(47)34-24-30(21-22-42-34)39(2,40)41/h9-22,24H,3-8,23,25-26H2,1-2H3,(H,43,47)(H,45,46). The van der Waals surface area contributed by atoms with Gasteiger partial charge >= 0.3 is 11.9 Å². The maximum Gasteiger partial charge on any atom is 0.343 e. The van der Waals surface area contributed by atoms with E-state index in [1.165, 1.54) is 49.9 Å². The molecule has 0 radical (unpaired) electrons. The van der Waals surface area contributed by atoms with E-state index in [0.29, 0.717) is 30.4 Å². The topological polar surface area (TPSA) is 135 Å². The van der Waals surface area contributed by atoms with Crippen molar-refractivity contribution in [2.45, 2.75) is 64.8 Å². The highest BCUT2D eigenvalue weighted by Crippen LogP contribution is 2.27. The van der Waals surface area contributed by atoms with Crippen LogP contribution in [0.5, 0.6) is 11.5 Å². The van der Waals surface area contributed by atoms with Crippen LogP contribution < -0.4 is 14.8 Å². The molecule has 0 spiro atoms. The third-order valence-electron chi connectivity index (χ3n) is 7.87. The molecule has 12 heteroatoms. The molecular weight excluding hydrogens is 660 g/mol. The van der Waals surface area contributed by atoms with Crippen molar-refractivity contribution in [3.8, 4) is 11.5 Å². The number of ether oxygens (including phenoxy) is 2. The molecule has 1 heterocycles. The Bertz CT molecular complexity index is 1770. The van der Waals surface area contributed by atoms with Crippen molar-refractivity contribution in [1.82, 2.24) is 9.88 Å². The first kappa shape index (κ1) is 38.2. The molecule has 268 valence electrons. The van der Waals surface area contributed by atoms with Gasteiger partial charge in [-0.15, -0.1) is 0 Å². The Morgan fingerprint density at radius 1 is 0.824 bits per heavy atom. The molecule has 1 aromatic heterocycles. The van der Waals surface area contributed by atoms with Gasteiger partial charge in [0.1, 0.15) is 23.7 Å². The van der Waals surface area contributed by atoms with Crippen LogP contribution in [0, 0.1) is 0 Å². The Morgan fingerprint density at radius 3 is 2.10 bits per heavy atom. The zero-order valence-electron chi connectivity index (χ0n) is 28.6. The van der Waals surface area contributed by atoms with E-state index in [-0.39, 0.29) is 34.8 Å². The smallest absolute Gasteiger partial charge is 0.343 e. The van der Waals surface area contributed by atoms with Crippen molar-refractivity contribution in [3.05, 3.63) is 119 Å². The van der Waals surface area contributed by atoms with E-state index in [4.69, 9.17) is 9.47 Å². The number of unbranched alkanes of at least 4 members (excludes halogenated alkanes) is 5. The van der Waals surface area contributed by atoms with E-state index >= 15 is 0 Å². The fourth-order valence-corrected chi connectivity index (χ4v) is 5.07. The first-order valence-corrected chi connectivity index (χ1v) is 16.7. The first-order valence-electron chi connectivity index (χ1n) is 16.7. The highest BCUT2D eigenvalue weighted by atomic mass is 19.3. The summed E-state index contributed by atoms with van der Waals surface area (Å²) in [5, 5.41) is 12.0. The average Bonchev–Trinajstić information content (AvgIpc) is 3.11. The number of carbonyl (C=O) groups is 4. The Hall–Kier alpha value is -5.65. The molecule has 3 aromatic carbocycles. The Labute approximate surface area is 295 Å². The summed E-state index contributed by atoms with van der Waals surface area (Å²) in [6, 6.07) is 20.9. The molecule has 4 aromatic rings. The van der Waals surface area contributed by atoms with Gasteiger partial charge in [0.2, 0.25) is 0 Å². The van der Waals surface area contributed by atoms with Crippen LogP contribution >= 0.6 is 0 Å². The molecule has 0 unspecified atom stereocenters. The van der Waals surface area contributed by atoms with Crippen molar-refractivity contribution >= 4 is 29.4 Å². The number of nitrogens with one attached hydrogen (secondary N) is 1. The lowest BCUT2D eigenvalue weighted by molar-refractivity contribution is -0.137. The Kier molecular flexibility index (Phi) is 13.7. The normalized spacial score (nSPS) is 11.1. The number of alkyl halides is 2. The van der Waals surface area contributed by atoms with Gasteiger partial charge < -0.3 is 24.8 Å². The summed E-state index contributed by atoms with van der Waals surface area (Å²) < 4.78 is 38.6. The maximum absolute atomic E-state index is 13.7. The summed E-state index contributed by atoms with van der Waals surface area (Å²) in [5.41, 5.74) is 0.803. The summed E-state index contributed by atoms with van der Waals surface area (Å²) >= 11 is 0. The highest BCUT2D eigenvalue weighted by Gasteiger charge is 2.26. The first-order chi connectivity index (χ1) is 24.4. The van der Waals surface area contributed by atoms with Crippen LogP contribution in [0.15, 0.2) is 91.1 Å². The molecule has 0 aliphatic rings. The van der Waals surface area contributed by atoms with Gasteiger partial charge in [0.15, 0.2) is 0 Å². The molecule has 4 rings (SSSR count). The maximum atomic E-state index is 13.7. The molecule has 0 aliphatic heterocycles. The van der Waals surface area contributed by atoms with Gasteiger partial charge in [-0.2, -0.15) is 0 Å². The average molecular weight is 702 g/mol. The molecule has 0 bridgehead atoms. The zero-order chi connectivity index (χ0) is 36.8. The minimum Gasteiger partial charge on any atom is -0.494 e. The molecule has 2 N–H and O–H groups in total. The van der Waals surface area contributed by atoms with Gasteiger partial charge in [0, 0.05) is 36.5 Å². The van der Waals surface area contributed by atoms with E-state index in [2.05, 4.69) is 17.2 Å². The molecule has 51 heavy (non-hydrogen) atoms. The summed E-state index contributed by atoms with van der Waals surface area (Å²) in [5.74, 6) is -5.27. The predicted octanol–water partition coefficient (Wildman–Crippen LogP) is 8.13. The largest absolute Gasteiger partial charge is 0.494 e. The number of carboxylic acids is 1. The van der Waals surface area contributed by atoms with Crippen LogP contribution in [0.3, 0.4) is 0 Å². The number of nitrogens with zero attached hydrogens (tertiary/aromatic N) is 2. The number of benzene rings is 3. The molecule has 10 nitrogen and oxygen atoms in total. The number of aliphatic carboxylic acids is 1. The molecule has 0 aliphatic carbocycles. The van der Waals surface area contributed by atoms with E-state index in [1.54, 1.807) is 48.5 Å². The number of carbonyl (C=O) groups excluding carboxylic acids is 3. The van der Waals surface area contributed by atoms with E-state index in [9.17, 15) is 33.1 Å².